The average molecular weight is 130 g/mol. The molecule has 0 unspecified atom stereocenters. The zero-order valence-corrected chi connectivity index (χ0v) is 6.37. The molecule has 0 spiro atoms. The quantitative estimate of drug-likeness (QED) is 0.376. The Bertz CT molecular complexity index is 52.6. The molecule has 0 aromatic heterocycles. The standard InChI is InChI=1S/C6H10.Ti/c1-3-5-6-4-2;/h3-6H,1-2H3;/q;+2. The molecule has 0 aliphatic carbocycles. The Morgan fingerprint density at radius 2 is 1.14 bits per heavy atom. The Morgan fingerprint density at radius 1 is 0.857 bits per heavy atom. The van der Waals surface area contributed by atoms with Crippen molar-refractivity contribution in [2.24, 2.45) is 0 Å². The van der Waals surface area contributed by atoms with Crippen molar-refractivity contribution in [3.05, 3.63) is 24.3 Å². The third kappa shape index (κ3) is 10.7. The molecule has 0 saturated carbocycles. The van der Waals surface area contributed by atoms with Gasteiger partial charge in [0, 0.05) is 0 Å². The molecule has 0 aliphatic rings. The Balaban J connectivity index is 0. The fraction of sp³-hybridized carbons (Fsp3) is 0.333. The van der Waals surface area contributed by atoms with Gasteiger partial charge in [0.2, 0.25) is 0 Å². The Labute approximate surface area is 60.2 Å². The van der Waals surface area contributed by atoms with Crippen LogP contribution in [-0.2, 0) is 21.7 Å². The summed E-state index contributed by atoms with van der Waals surface area (Å²) in [5.41, 5.74) is 0. The smallest absolute Gasteiger partial charge is 0.0877 e. The van der Waals surface area contributed by atoms with Crippen LogP contribution in [-0.4, -0.2) is 0 Å². The molecule has 0 rings (SSSR count). The van der Waals surface area contributed by atoms with E-state index in [1.54, 1.807) is 0 Å². The van der Waals surface area contributed by atoms with Gasteiger partial charge in [0.15, 0.2) is 0 Å². The Kier molecular flexibility index (Phi) is 13.9. The summed E-state index contributed by atoms with van der Waals surface area (Å²) in [4.78, 5) is 0. The molecule has 0 radical (unpaired) electrons. The molecule has 1 heteroatoms. The zero-order chi connectivity index (χ0) is 4.83. The van der Waals surface area contributed by atoms with Crippen LogP contribution in [0, 0.1) is 0 Å². The van der Waals surface area contributed by atoms with E-state index in [0.717, 1.165) is 0 Å². The van der Waals surface area contributed by atoms with Gasteiger partial charge in [-0.25, -0.2) is 0 Å². The van der Waals surface area contributed by atoms with Crippen LogP contribution in [0.15, 0.2) is 24.3 Å². The predicted molar refractivity (Wildman–Crippen MR) is 29.6 cm³/mol. The molecule has 0 nitrogen and oxygen atoms in total. The summed E-state index contributed by atoms with van der Waals surface area (Å²) in [6, 6.07) is 0. The van der Waals surface area contributed by atoms with Crippen LogP contribution in [0.2, 0.25) is 0 Å². The average Bonchev–Trinajstić information content (AvgIpc) is 1.61. The first-order valence-electron chi connectivity index (χ1n) is 2.15. The molecule has 0 N–H and O–H groups in total. The largest absolute Gasteiger partial charge is 2.00 e. The first-order valence-corrected chi connectivity index (χ1v) is 2.15. The van der Waals surface area contributed by atoms with Gasteiger partial charge in [-0.2, -0.15) is 0 Å². The van der Waals surface area contributed by atoms with Gasteiger partial charge in [0.05, 0.1) is 0 Å². The molecule has 0 bridgehead atoms. The third-order valence-electron chi connectivity index (χ3n) is 0.496. The maximum Gasteiger partial charge on any atom is 2.00 e. The summed E-state index contributed by atoms with van der Waals surface area (Å²) in [6.45, 7) is 4.00. The molecule has 0 amide bonds. The van der Waals surface area contributed by atoms with Crippen molar-refractivity contribution in [2.75, 3.05) is 0 Å². The van der Waals surface area contributed by atoms with Crippen LogP contribution in [0.4, 0.5) is 0 Å². The van der Waals surface area contributed by atoms with Gasteiger partial charge in [-0.3, -0.25) is 0 Å². The minimum atomic E-state index is 0. The first kappa shape index (κ1) is 10.2. The van der Waals surface area contributed by atoms with E-state index in [1.807, 2.05) is 38.2 Å². The maximum absolute atomic E-state index is 2.00. The van der Waals surface area contributed by atoms with E-state index in [2.05, 4.69) is 0 Å². The molecular weight excluding hydrogens is 120 g/mol. The summed E-state index contributed by atoms with van der Waals surface area (Å²) in [5, 5.41) is 0. The van der Waals surface area contributed by atoms with Gasteiger partial charge < -0.3 is 0 Å². The predicted octanol–water partition coefficient (Wildman–Crippen LogP) is 2.14. The van der Waals surface area contributed by atoms with Crippen molar-refractivity contribution in [1.82, 2.24) is 0 Å². The van der Waals surface area contributed by atoms with Crippen LogP contribution >= 0.6 is 0 Å². The monoisotopic (exact) mass is 130 g/mol. The normalized spacial score (nSPS) is 10.0. The van der Waals surface area contributed by atoms with Crippen LogP contribution < -0.4 is 0 Å². The van der Waals surface area contributed by atoms with Gasteiger partial charge in [-0.1, -0.05) is 24.3 Å². The molecule has 0 atom stereocenters. The number of allylic oxidation sites excluding steroid dienone is 4. The van der Waals surface area contributed by atoms with Crippen LogP contribution in [0.3, 0.4) is 0 Å². The molecular formula is C6H10Ti+2. The van der Waals surface area contributed by atoms with E-state index >= 15 is 0 Å². The number of hydrogen-bond acceptors (Lipinski definition) is 0. The molecule has 0 saturated heterocycles. The SMILES string of the molecule is CC=CC=CC.[Ti+2]. The molecule has 0 aromatic carbocycles. The summed E-state index contributed by atoms with van der Waals surface area (Å²) in [6.07, 6.45) is 8.00. The van der Waals surface area contributed by atoms with Crippen LogP contribution in [0.25, 0.3) is 0 Å². The second kappa shape index (κ2) is 9.50. The topological polar surface area (TPSA) is 0 Å². The summed E-state index contributed by atoms with van der Waals surface area (Å²) in [7, 11) is 0. The fourth-order valence-electron chi connectivity index (χ4n) is 0.222. The third-order valence-corrected chi connectivity index (χ3v) is 0.496. The van der Waals surface area contributed by atoms with E-state index in [4.69, 9.17) is 0 Å². The van der Waals surface area contributed by atoms with Crippen LogP contribution in [0.1, 0.15) is 13.8 Å². The van der Waals surface area contributed by atoms with Gasteiger partial charge in [-0.05, 0) is 13.8 Å². The van der Waals surface area contributed by atoms with E-state index < -0.39 is 0 Å². The molecule has 0 aliphatic heterocycles. The van der Waals surface area contributed by atoms with Crippen molar-refractivity contribution >= 4 is 0 Å². The second-order valence-electron chi connectivity index (χ2n) is 1.05. The minimum Gasteiger partial charge on any atom is -0.0877 e. The molecule has 36 valence electrons. The van der Waals surface area contributed by atoms with Crippen molar-refractivity contribution in [3.63, 3.8) is 0 Å². The van der Waals surface area contributed by atoms with Gasteiger partial charge >= 0.3 is 21.7 Å². The van der Waals surface area contributed by atoms with E-state index in [1.165, 1.54) is 0 Å². The molecule has 7 heavy (non-hydrogen) atoms. The Morgan fingerprint density at radius 3 is 1.29 bits per heavy atom. The second-order valence-corrected chi connectivity index (χ2v) is 1.05. The van der Waals surface area contributed by atoms with Crippen molar-refractivity contribution < 1.29 is 21.7 Å². The number of rotatable bonds is 1. The van der Waals surface area contributed by atoms with Gasteiger partial charge in [0.25, 0.3) is 0 Å². The zero-order valence-electron chi connectivity index (χ0n) is 4.81. The fourth-order valence-corrected chi connectivity index (χ4v) is 0.222. The van der Waals surface area contributed by atoms with E-state index in [-0.39, 0.29) is 21.7 Å². The number of hydrogen-bond donors (Lipinski definition) is 0. The molecule has 0 heterocycles. The minimum absolute atomic E-state index is 0. The van der Waals surface area contributed by atoms with Crippen molar-refractivity contribution in [1.29, 1.82) is 0 Å². The van der Waals surface area contributed by atoms with E-state index in [0.29, 0.717) is 0 Å². The Hall–Kier alpha value is 0.194. The van der Waals surface area contributed by atoms with Crippen molar-refractivity contribution in [2.45, 2.75) is 13.8 Å². The summed E-state index contributed by atoms with van der Waals surface area (Å²) < 4.78 is 0. The summed E-state index contributed by atoms with van der Waals surface area (Å²) in [5.74, 6) is 0. The first-order chi connectivity index (χ1) is 2.91. The van der Waals surface area contributed by atoms with Gasteiger partial charge in [0.1, 0.15) is 0 Å². The van der Waals surface area contributed by atoms with Crippen LogP contribution in [0.5, 0.6) is 0 Å². The summed E-state index contributed by atoms with van der Waals surface area (Å²) >= 11 is 0. The van der Waals surface area contributed by atoms with Gasteiger partial charge in [-0.15, -0.1) is 0 Å². The van der Waals surface area contributed by atoms with Crippen molar-refractivity contribution in [3.8, 4) is 0 Å². The van der Waals surface area contributed by atoms with E-state index in [9.17, 15) is 0 Å². The maximum atomic E-state index is 2.00. The molecule has 0 aromatic rings. The molecule has 0 fully saturated rings.